The fourth-order valence-corrected chi connectivity index (χ4v) is 2.73. The zero-order valence-corrected chi connectivity index (χ0v) is 16.1. The van der Waals surface area contributed by atoms with E-state index in [9.17, 15) is 31.9 Å². The van der Waals surface area contributed by atoms with Crippen LogP contribution in [0.25, 0.3) is 11.0 Å². The molecule has 0 aliphatic rings. The lowest BCUT2D eigenvalue weighted by Gasteiger charge is -2.11. The number of hydrogen-bond acceptors (Lipinski definition) is 4. The number of fused-ring (bicyclic) bond motifs is 1. The van der Waals surface area contributed by atoms with Crippen LogP contribution in [0.2, 0.25) is 0 Å². The summed E-state index contributed by atoms with van der Waals surface area (Å²) in [4.78, 5) is 12.1. The molecule has 0 spiro atoms. The van der Waals surface area contributed by atoms with Crippen molar-refractivity contribution in [3.05, 3.63) is 64.9 Å². The van der Waals surface area contributed by atoms with Crippen molar-refractivity contribution in [2.24, 2.45) is 0 Å². The first-order chi connectivity index (χ1) is 14.6. The summed E-state index contributed by atoms with van der Waals surface area (Å²) >= 11 is 0. The monoisotopic (exact) mass is 446 g/mol. The highest BCUT2D eigenvalue weighted by Crippen LogP contribution is 2.28. The SMILES string of the molecule is Cc1c(CNC(=O)Nc2cccc(C(O)CO)c2)oc2c(F)cc(F)cc12.FC(F)F. The van der Waals surface area contributed by atoms with Gasteiger partial charge in [0, 0.05) is 22.7 Å². The third kappa shape index (κ3) is 6.66. The number of carbonyl (C=O) groups excluding carboxylic acids is 1. The molecule has 31 heavy (non-hydrogen) atoms. The van der Waals surface area contributed by atoms with Gasteiger partial charge in [-0.1, -0.05) is 12.1 Å². The Kier molecular flexibility index (Phi) is 8.34. The number of aliphatic hydroxyl groups is 2. The molecule has 1 aromatic heterocycles. The second-order valence-corrected chi connectivity index (χ2v) is 6.29. The van der Waals surface area contributed by atoms with Crippen molar-refractivity contribution in [2.45, 2.75) is 26.3 Å². The zero-order valence-electron chi connectivity index (χ0n) is 16.1. The molecule has 1 heterocycles. The first kappa shape index (κ1) is 24.1. The third-order valence-electron chi connectivity index (χ3n) is 4.17. The van der Waals surface area contributed by atoms with Gasteiger partial charge < -0.3 is 25.3 Å². The molecule has 0 saturated heterocycles. The van der Waals surface area contributed by atoms with Crippen LogP contribution < -0.4 is 10.6 Å². The fraction of sp³-hybridized carbons (Fsp3) is 0.250. The molecule has 0 bridgehead atoms. The summed E-state index contributed by atoms with van der Waals surface area (Å²) in [6, 6.07) is 7.78. The van der Waals surface area contributed by atoms with Crippen LogP contribution in [0.4, 0.5) is 32.4 Å². The predicted octanol–water partition coefficient (Wildman–Crippen LogP) is 4.55. The molecule has 2 aromatic carbocycles. The summed E-state index contributed by atoms with van der Waals surface area (Å²) in [5.74, 6) is -1.19. The summed E-state index contributed by atoms with van der Waals surface area (Å²) in [5, 5.41) is 24.1. The second-order valence-electron chi connectivity index (χ2n) is 6.29. The third-order valence-corrected chi connectivity index (χ3v) is 4.17. The van der Waals surface area contributed by atoms with Crippen LogP contribution in [0.1, 0.15) is 23.0 Å². The lowest BCUT2D eigenvalue weighted by Crippen LogP contribution is -2.28. The van der Waals surface area contributed by atoms with Gasteiger partial charge in [0.15, 0.2) is 11.4 Å². The van der Waals surface area contributed by atoms with E-state index in [1.165, 1.54) is 12.1 Å². The summed E-state index contributed by atoms with van der Waals surface area (Å²) < 4.78 is 61.6. The van der Waals surface area contributed by atoms with Gasteiger partial charge in [-0.25, -0.2) is 13.6 Å². The Bertz CT molecular complexity index is 1040. The van der Waals surface area contributed by atoms with E-state index in [1.54, 1.807) is 25.1 Å². The smallest absolute Gasteiger partial charge is 0.379 e. The van der Waals surface area contributed by atoms with Crippen LogP contribution in [-0.4, -0.2) is 29.5 Å². The lowest BCUT2D eigenvalue weighted by molar-refractivity contribution is 0.00818. The average molecular weight is 446 g/mol. The molecule has 168 valence electrons. The van der Waals surface area contributed by atoms with Gasteiger partial charge in [-0.05, 0) is 30.7 Å². The van der Waals surface area contributed by atoms with E-state index in [0.717, 1.165) is 6.07 Å². The van der Waals surface area contributed by atoms with Gasteiger partial charge in [0.25, 0.3) is 0 Å². The molecule has 3 aromatic rings. The molecule has 6 nitrogen and oxygen atoms in total. The maximum Gasteiger partial charge on any atom is 0.379 e. The highest BCUT2D eigenvalue weighted by Gasteiger charge is 2.16. The number of alkyl halides is 3. The van der Waals surface area contributed by atoms with Crippen LogP contribution in [0, 0.1) is 18.6 Å². The zero-order chi connectivity index (χ0) is 23.1. The summed E-state index contributed by atoms with van der Waals surface area (Å²) in [7, 11) is 0. The lowest BCUT2D eigenvalue weighted by atomic mass is 10.1. The van der Waals surface area contributed by atoms with Crippen molar-refractivity contribution < 1.29 is 41.4 Å². The Morgan fingerprint density at radius 2 is 1.84 bits per heavy atom. The summed E-state index contributed by atoms with van der Waals surface area (Å²) in [6.45, 7) is -2.47. The summed E-state index contributed by atoms with van der Waals surface area (Å²) in [5.41, 5.74) is 1.36. The Balaban J connectivity index is 0.000000785. The van der Waals surface area contributed by atoms with E-state index in [4.69, 9.17) is 9.52 Å². The van der Waals surface area contributed by atoms with Crippen molar-refractivity contribution in [3.63, 3.8) is 0 Å². The van der Waals surface area contributed by atoms with E-state index in [0.29, 0.717) is 28.0 Å². The first-order valence-electron chi connectivity index (χ1n) is 8.85. The number of benzene rings is 2. The second kappa shape index (κ2) is 10.7. The molecular formula is C20H19F5N2O4. The summed E-state index contributed by atoms with van der Waals surface area (Å²) in [6.07, 6.45) is -1.04. The van der Waals surface area contributed by atoms with E-state index >= 15 is 0 Å². The Hall–Kier alpha value is -3.18. The topological polar surface area (TPSA) is 94.7 Å². The van der Waals surface area contributed by atoms with Gasteiger partial charge in [-0.2, -0.15) is 13.2 Å². The number of nitrogens with one attached hydrogen (secondary N) is 2. The number of halogens is 5. The molecule has 0 saturated carbocycles. The highest BCUT2D eigenvalue weighted by atomic mass is 19.4. The number of urea groups is 1. The number of amides is 2. The van der Waals surface area contributed by atoms with Crippen molar-refractivity contribution in [3.8, 4) is 0 Å². The van der Waals surface area contributed by atoms with Crippen LogP contribution in [0.15, 0.2) is 40.8 Å². The normalized spacial score (nSPS) is 11.8. The first-order valence-corrected chi connectivity index (χ1v) is 8.85. The molecule has 2 amide bonds. The van der Waals surface area contributed by atoms with Gasteiger partial charge in [0.1, 0.15) is 17.7 Å². The molecule has 1 unspecified atom stereocenters. The Morgan fingerprint density at radius 3 is 2.48 bits per heavy atom. The molecule has 0 aliphatic carbocycles. The van der Waals surface area contributed by atoms with Crippen LogP contribution in [-0.2, 0) is 6.54 Å². The number of rotatable bonds is 5. The van der Waals surface area contributed by atoms with Gasteiger partial charge in [0.05, 0.1) is 13.2 Å². The molecule has 0 fully saturated rings. The van der Waals surface area contributed by atoms with Crippen molar-refractivity contribution in [2.75, 3.05) is 11.9 Å². The molecular weight excluding hydrogens is 427 g/mol. The average Bonchev–Trinajstić information content (AvgIpc) is 3.02. The quantitative estimate of drug-likeness (QED) is 0.433. The number of carbonyl (C=O) groups is 1. The highest BCUT2D eigenvalue weighted by molar-refractivity contribution is 5.89. The van der Waals surface area contributed by atoms with Crippen molar-refractivity contribution >= 4 is 22.7 Å². The minimum Gasteiger partial charge on any atom is -0.456 e. The van der Waals surface area contributed by atoms with Gasteiger partial charge in [-0.3, -0.25) is 0 Å². The number of furan rings is 1. The maximum absolute atomic E-state index is 13.8. The van der Waals surface area contributed by atoms with Crippen LogP contribution in [0.5, 0.6) is 0 Å². The number of hydrogen-bond donors (Lipinski definition) is 4. The number of aliphatic hydroxyl groups excluding tert-OH is 2. The van der Waals surface area contributed by atoms with Gasteiger partial charge in [0.2, 0.25) is 0 Å². The molecule has 3 rings (SSSR count). The maximum atomic E-state index is 13.8. The van der Waals surface area contributed by atoms with E-state index < -0.39 is 37.1 Å². The standard InChI is InChI=1S/C19H18F2N2O4.CHF3/c1-10-14-6-12(20)7-15(21)18(14)27-17(10)8-22-19(26)23-13-4-2-3-11(5-13)16(25)9-24;2-1(3)4/h2-7,16,24-25H,8-9H2,1H3,(H2,22,23,26);1H. The van der Waals surface area contributed by atoms with E-state index in [-0.39, 0.29) is 12.1 Å². The Morgan fingerprint density at radius 1 is 1.16 bits per heavy atom. The molecule has 4 N–H and O–H groups in total. The molecule has 0 aliphatic heterocycles. The van der Waals surface area contributed by atoms with Crippen molar-refractivity contribution in [1.29, 1.82) is 0 Å². The Labute approximate surface area is 173 Å². The molecule has 1 atom stereocenters. The van der Waals surface area contributed by atoms with E-state index in [1.807, 2.05) is 0 Å². The van der Waals surface area contributed by atoms with Crippen LogP contribution in [0.3, 0.4) is 0 Å². The van der Waals surface area contributed by atoms with Gasteiger partial charge >= 0.3 is 12.7 Å². The fourth-order valence-electron chi connectivity index (χ4n) is 2.73. The largest absolute Gasteiger partial charge is 0.456 e. The molecule has 0 radical (unpaired) electrons. The predicted molar refractivity (Wildman–Crippen MR) is 102 cm³/mol. The van der Waals surface area contributed by atoms with Gasteiger partial charge in [-0.15, -0.1) is 0 Å². The number of aryl methyl sites for hydroxylation is 1. The van der Waals surface area contributed by atoms with E-state index in [2.05, 4.69) is 10.6 Å². The van der Waals surface area contributed by atoms with Crippen molar-refractivity contribution in [1.82, 2.24) is 5.32 Å². The minimum atomic E-state index is -3.67. The van der Waals surface area contributed by atoms with Crippen LogP contribution >= 0.6 is 0 Å². The number of anilines is 1. The minimum absolute atomic E-state index is 0.0215. The molecule has 11 heteroatoms.